The van der Waals surface area contributed by atoms with E-state index in [0.29, 0.717) is 17.4 Å². The van der Waals surface area contributed by atoms with E-state index >= 15 is 0 Å². The molecule has 0 bridgehead atoms. The fraction of sp³-hybridized carbons (Fsp3) is 0.615. The number of aliphatic hydroxyl groups is 1. The number of rotatable bonds is 51. The number of unbranched alkanes of at least 4 members (excludes halogenated alkanes) is 16. The lowest BCUT2D eigenvalue weighted by molar-refractivity contribution is -0.870. The van der Waals surface area contributed by atoms with Crippen LogP contribution in [0, 0.1) is 0 Å². The van der Waals surface area contributed by atoms with E-state index in [-0.39, 0.29) is 19.1 Å². The second-order valence-corrected chi connectivity index (χ2v) is 21.7. The Kier molecular flexibility index (Phi) is 51.5. The summed E-state index contributed by atoms with van der Waals surface area (Å²) >= 11 is 0. The van der Waals surface area contributed by atoms with Crippen molar-refractivity contribution in [1.29, 1.82) is 0 Å². The number of aliphatic hydroxyl groups excluding tert-OH is 1. The number of carbonyl (C=O) groups is 1. The van der Waals surface area contributed by atoms with Crippen LogP contribution in [0.15, 0.2) is 146 Å². The predicted octanol–water partition coefficient (Wildman–Crippen LogP) is 18.1. The van der Waals surface area contributed by atoms with Gasteiger partial charge in [-0.25, -0.2) is 4.57 Å². The van der Waals surface area contributed by atoms with Crippen LogP contribution in [0.5, 0.6) is 0 Å². The second kappa shape index (κ2) is 54.2. The number of phosphoric ester groups is 1. The normalized spacial score (nSPS) is 15.0. The lowest BCUT2D eigenvalue weighted by Gasteiger charge is -2.25. The van der Waals surface area contributed by atoms with E-state index in [9.17, 15) is 19.4 Å². The third-order valence-electron chi connectivity index (χ3n) is 12.0. The molecular weight excluding hydrogens is 936 g/mol. The van der Waals surface area contributed by atoms with Gasteiger partial charge in [0, 0.05) is 6.42 Å². The van der Waals surface area contributed by atoms with Crippen LogP contribution in [0.1, 0.15) is 206 Å². The molecule has 0 rings (SSSR count). The molecule has 0 fully saturated rings. The van der Waals surface area contributed by atoms with E-state index in [1.807, 2.05) is 27.2 Å². The Labute approximate surface area is 455 Å². The molecule has 0 aromatic carbocycles. The average Bonchev–Trinajstić information content (AvgIpc) is 3.36. The van der Waals surface area contributed by atoms with Crippen molar-refractivity contribution in [3.8, 4) is 0 Å². The molecular formula is C65H110N2O6P+. The first kappa shape index (κ1) is 70.4. The van der Waals surface area contributed by atoms with Crippen LogP contribution in [0.2, 0.25) is 0 Å². The SMILES string of the molecule is CC/C=C\C/C=C\C/C=C\C/C=C\C/C=C\C/C=C\C/C=C\C/C=C\C/C=C\C/C=C\CCCCCCCCCCC(=O)NC(COP(=O)(O)OCC[N+](C)(C)C)C(O)/C=C/CC/C=C/CCCCCCCCC. The number of likely N-dealkylation sites (N-methyl/N-ethyl adjacent to an activating group) is 1. The van der Waals surface area contributed by atoms with Crippen LogP contribution < -0.4 is 5.32 Å². The summed E-state index contributed by atoms with van der Waals surface area (Å²) in [4.78, 5) is 23.2. The maximum Gasteiger partial charge on any atom is 0.472 e. The third-order valence-corrected chi connectivity index (χ3v) is 13.0. The zero-order valence-corrected chi connectivity index (χ0v) is 48.7. The number of nitrogens with one attached hydrogen (secondary N) is 1. The van der Waals surface area contributed by atoms with Crippen molar-refractivity contribution in [3.05, 3.63) is 146 Å². The van der Waals surface area contributed by atoms with Crippen LogP contribution in [0.3, 0.4) is 0 Å². The average molecular weight is 1050 g/mol. The van der Waals surface area contributed by atoms with Crippen molar-refractivity contribution >= 4 is 13.7 Å². The van der Waals surface area contributed by atoms with Gasteiger partial charge in [-0.3, -0.25) is 13.8 Å². The molecule has 3 atom stereocenters. The highest BCUT2D eigenvalue weighted by molar-refractivity contribution is 7.47. The Morgan fingerprint density at radius 3 is 1.24 bits per heavy atom. The van der Waals surface area contributed by atoms with Crippen LogP contribution in [0.4, 0.5) is 0 Å². The summed E-state index contributed by atoms with van der Waals surface area (Å²) in [6.07, 6.45) is 83.9. The van der Waals surface area contributed by atoms with Gasteiger partial charge in [0.2, 0.25) is 5.91 Å². The van der Waals surface area contributed by atoms with Crippen molar-refractivity contribution in [2.24, 2.45) is 0 Å². The van der Waals surface area contributed by atoms with Gasteiger partial charge >= 0.3 is 7.82 Å². The fourth-order valence-electron chi connectivity index (χ4n) is 7.50. The van der Waals surface area contributed by atoms with E-state index in [0.717, 1.165) is 116 Å². The summed E-state index contributed by atoms with van der Waals surface area (Å²) in [7, 11) is 1.53. The molecule has 0 aromatic rings. The predicted molar refractivity (Wildman–Crippen MR) is 322 cm³/mol. The number of phosphoric acid groups is 1. The number of allylic oxidation sites excluding steroid dienone is 23. The highest BCUT2D eigenvalue weighted by atomic mass is 31.2. The van der Waals surface area contributed by atoms with Gasteiger partial charge < -0.3 is 19.8 Å². The van der Waals surface area contributed by atoms with Crippen LogP contribution >= 0.6 is 7.82 Å². The Morgan fingerprint density at radius 2 is 0.824 bits per heavy atom. The van der Waals surface area contributed by atoms with E-state index in [1.54, 1.807) is 6.08 Å². The first-order chi connectivity index (χ1) is 36.0. The van der Waals surface area contributed by atoms with Gasteiger partial charge in [-0.15, -0.1) is 0 Å². The first-order valence-electron chi connectivity index (χ1n) is 29.2. The Balaban J connectivity index is 4.16. The van der Waals surface area contributed by atoms with E-state index in [2.05, 4.69) is 153 Å². The molecule has 1 amide bonds. The van der Waals surface area contributed by atoms with Gasteiger partial charge in [0.15, 0.2) is 0 Å². The van der Waals surface area contributed by atoms with Gasteiger partial charge in [-0.05, 0) is 109 Å². The summed E-state index contributed by atoms with van der Waals surface area (Å²) in [5.74, 6) is -0.203. The maximum absolute atomic E-state index is 12.9. The number of hydrogen-bond acceptors (Lipinski definition) is 5. The van der Waals surface area contributed by atoms with Crippen LogP contribution in [-0.4, -0.2) is 73.4 Å². The van der Waals surface area contributed by atoms with E-state index < -0.39 is 20.0 Å². The van der Waals surface area contributed by atoms with Gasteiger partial charge in [-0.2, -0.15) is 0 Å². The van der Waals surface area contributed by atoms with Gasteiger partial charge in [0.1, 0.15) is 13.2 Å². The molecule has 0 spiro atoms. The Morgan fingerprint density at radius 1 is 0.473 bits per heavy atom. The summed E-state index contributed by atoms with van der Waals surface area (Å²) in [5.41, 5.74) is 0. The standard InChI is InChI=1S/C65H109N2O6P/c1-6-8-10-12-14-16-18-20-21-22-23-24-25-26-27-28-29-30-31-32-33-34-35-36-37-38-39-40-41-42-43-44-45-47-49-51-53-55-57-59-65(69)66-63(62-73-74(70,71)72-61-60-67(3,4)5)64(68)58-56-54-52-50-48-46-19-17-15-13-11-9-7-2/h8,10,14,16,20-21,23-24,26-27,29-30,32-33,35-36,38-39,41-42,48,50,56,58,63-64,68H,6-7,9,11-13,15,17-19,22,25,28,31,34,37,40,43-47,49,51-55,57,59-62H2,1-5H3,(H-,66,69,70,71)/p+1/b10-8-,16-14-,21-20-,24-23-,27-26-,30-29-,33-32-,36-35-,39-38-,42-41-,50-48+,58-56+. The Hall–Kier alpha value is -3.62. The molecule has 420 valence electrons. The van der Waals surface area contributed by atoms with Crippen molar-refractivity contribution in [3.63, 3.8) is 0 Å². The smallest absolute Gasteiger partial charge is 0.387 e. The maximum atomic E-state index is 12.9. The van der Waals surface area contributed by atoms with Crippen molar-refractivity contribution < 1.29 is 32.9 Å². The summed E-state index contributed by atoms with van der Waals surface area (Å²) < 4.78 is 23.6. The summed E-state index contributed by atoms with van der Waals surface area (Å²) in [6, 6.07) is -0.877. The van der Waals surface area contributed by atoms with Crippen molar-refractivity contribution in [2.45, 2.75) is 219 Å². The largest absolute Gasteiger partial charge is 0.472 e. The number of nitrogens with zero attached hydrogens (tertiary/aromatic N) is 1. The summed E-state index contributed by atoms with van der Waals surface area (Å²) in [5, 5.41) is 13.8. The zero-order valence-electron chi connectivity index (χ0n) is 47.8. The minimum Gasteiger partial charge on any atom is -0.387 e. The molecule has 3 N–H and O–H groups in total. The fourth-order valence-corrected chi connectivity index (χ4v) is 8.23. The van der Waals surface area contributed by atoms with E-state index in [1.165, 1.54) is 70.6 Å². The topological polar surface area (TPSA) is 105 Å². The summed E-state index contributed by atoms with van der Waals surface area (Å²) in [6.45, 7) is 4.64. The highest BCUT2D eigenvalue weighted by Gasteiger charge is 2.27. The minimum atomic E-state index is -4.36. The molecule has 9 heteroatoms. The zero-order chi connectivity index (χ0) is 54.2. The molecule has 0 radical (unpaired) electrons. The van der Waals surface area contributed by atoms with E-state index in [4.69, 9.17) is 9.05 Å². The second-order valence-electron chi connectivity index (χ2n) is 20.3. The molecule has 8 nitrogen and oxygen atoms in total. The number of hydrogen-bond donors (Lipinski definition) is 3. The minimum absolute atomic E-state index is 0.0470. The number of quaternary nitrogens is 1. The Bertz CT molecular complexity index is 1710. The molecule has 0 aliphatic heterocycles. The molecule has 0 saturated carbocycles. The number of carbonyl (C=O) groups excluding carboxylic acids is 1. The molecule has 0 aliphatic carbocycles. The molecule has 0 aromatic heterocycles. The first-order valence-corrected chi connectivity index (χ1v) is 30.7. The third kappa shape index (κ3) is 56.1. The lowest BCUT2D eigenvalue weighted by atomic mass is 10.1. The molecule has 0 heterocycles. The number of amides is 1. The van der Waals surface area contributed by atoms with Gasteiger partial charge in [0.05, 0.1) is 39.9 Å². The quantitative estimate of drug-likeness (QED) is 0.0243. The monoisotopic (exact) mass is 1050 g/mol. The highest BCUT2D eigenvalue weighted by Crippen LogP contribution is 2.43. The van der Waals surface area contributed by atoms with Crippen LogP contribution in [0.25, 0.3) is 0 Å². The lowest BCUT2D eigenvalue weighted by Crippen LogP contribution is -2.45. The van der Waals surface area contributed by atoms with Gasteiger partial charge in [-0.1, -0.05) is 237 Å². The molecule has 0 saturated heterocycles. The molecule has 74 heavy (non-hydrogen) atoms. The van der Waals surface area contributed by atoms with Crippen molar-refractivity contribution in [2.75, 3.05) is 40.9 Å². The molecule has 0 aliphatic rings. The van der Waals surface area contributed by atoms with Gasteiger partial charge in [0.25, 0.3) is 0 Å². The van der Waals surface area contributed by atoms with Crippen LogP contribution in [-0.2, 0) is 18.4 Å². The molecule has 3 unspecified atom stereocenters. The van der Waals surface area contributed by atoms with Crippen molar-refractivity contribution in [1.82, 2.24) is 5.32 Å².